The second-order valence-electron chi connectivity index (χ2n) is 8.71. The number of H-pyrrole nitrogens is 1. The van der Waals surface area contributed by atoms with E-state index in [0.717, 1.165) is 33.6 Å². The lowest BCUT2D eigenvalue weighted by Gasteiger charge is -2.13. The molecule has 1 N–H and O–H groups in total. The number of aromatic amines is 1. The van der Waals surface area contributed by atoms with Gasteiger partial charge in [0, 0.05) is 16.7 Å². The van der Waals surface area contributed by atoms with Crippen molar-refractivity contribution in [2.45, 2.75) is 18.7 Å². The molecule has 0 aliphatic carbocycles. The van der Waals surface area contributed by atoms with Crippen molar-refractivity contribution in [2.24, 2.45) is 0 Å². The van der Waals surface area contributed by atoms with Crippen LogP contribution in [0.3, 0.4) is 0 Å². The fourth-order valence-corrected chi connectivity index (χ4v) is 5.41. The molecule has 0 atom stereocenters. The third kappa shape index (κ3) is 4.99. The van der Waals surface area contributed by atoms with Crippen LogP contribution in [0.25, 0.3) is 33.9 Å². The molecule has 6 nitrogen and oxygen atoms in total. The summed E-state index contributed by atoms with van der Waals surface area (Å²) in [6.07, 6.45) is 0. The largest absolute Gasteiger partial charge is 0.493 e. The van der Waals surface area contributed by atoms with E-state index in [1.807, 2.05) is 73.7 Å². The number of rotatable bonds is 7. The molecular weight excluding hydrogens is 484 g/mol. The van der Waals surface area contributed by atoms with Crippen molar-refractivity contribution in [3.8, 4) is 45.4 Å². The molecule has 0 fully saturated rings. The summed E-state index contributed by atoms with van der Waals surface area (Å²) in [5.74, 6) is 1.01. The number of benzene rings is 4. The Labute approximate surface area is 216 Å². The van der Waals surface area contributed by atoms with Crippen LogP contribution in [0.5, 0.6) is 11.5 Å². The minimum absolute atomic E-state index is 0.102. The van der Waals surface area contributed by atoms with Crippen molar-refractivity contribution < 1.29 is 17.3 Å². The predicted octanol–water partition coefficient (Wildman–Crippen LogP) is 6.80. The quantitative estimate of drug-likeness (QED) is 0.243. The minimum atomic E-state index is -4.05. The number of nitrogens with one attached hydrogen (secondary N) is 1. The number of ether oxygens (including phenoxy) is 1. The predicted molar refractivity (Wildman–Crippen MR) is 145 cm³/mol. The van der Waals surface area contributed by atoms with E-state index in [9.17, 15) is 8.42 Å². The first kappa shape index (κ1) is 24.3. The monoisotopic (exact) mass is 510 g/mol. The molecule has 0 spiro atoms. The van der Waals surface area contributed by atoms with Gasteiger partial charge in [0.15, 0.2) is 11.5 Å². The highest BCUT2D eigenvalue weighted by Crippen LogP contribution is 2.37. The Morgan fingerprint density at radius 2 is 1.41 bits per heavy atom. The van der Waals surface area contributed by atoms with Gasteiger partial charge in [-0.1, -0.05) is 72.8 Å². The maximum atomic E-state index is 13.1. The molecule has 1 aromatic heterocycles. The SMILES string of the molecule is COc1cc(-c2nc(-c3ccccc3)c(-c3ccccc3)[nH]2)ccc1OS(=O)(=O)c1cc(C)ccc1C. The van der Waals surface area contributed by atoms with Gasteiger partial charge in [0.25, 0.3) is 0 Å². The topological polar surface area (TPSA) is 81.3 Å². The Morgan fingerprint density at radius 3 is 2.08 bits per heavy atom. The maximum Gasteiger partial charge on any atom is 0.339 e. The van der Waals surface area contributed by atoms with Crippen molar-refractivity contribution in [3.05, 3.63) is 108 Å². The molecule has 5 rings (SSSR count). The summed E-state index contributed by atoms with van der Waals surface area (Å²) >= 11 is 0. The molecule has 0 bridgehead atoms. The second-order valence-corrected chi connectivity index (χ2v) is 10.2. The number of hydrogen-bond acceptors (Lipinski definition) is 5. The third-order valence-corrected chi connectivity index (χ3v) is 7.44. The van der Waals surface area contributed by atoms with Gasteiger partial charge in [-0.3, -0.25) is 0 Å². The Balaban J connectivity index is 1.55. The van der Waals surface area contributed by atoms with Crippen LogP contribution in [0, 0.1) is 13.8 Å². The molecule has 0 saturated carbocycles. The Bertz CT molecular complexity index is 1600. The van der Waals surface area contributed by atoms with Crippen LogP contribution < -0.4 is 8.92 Å². The van der Waals surface area contributed by atoms with Crippen molar-refractivity contribution in [3.63, 3.8) is 0 Å². The van der Waals surface area contributed by atoms with Crippen LogP contribution in [-0.4, -0.2) is 25.5 Å². The summed E-state index contributed by atoms with van der Waals surface area (Å²) in [6, 6.07) is 30.2. The average molecular weight is 511 g/mol. The van der Waals surface area contributed by atoms with E-state index in [1.165, 1.54) is 7.11 Å². The molecule has 5 aromatic rings. The number of methoxy groups -OCH3 is 1. The fourth-order valence-electron chi connectivity index (χ4n) is 4.15. The zero-order valence-electron chi connectivity index (χ0n) is 20.7. The number of aromatic nitrogens is 2. The lowest BCUT2D eigenvalue weighted by molar-refractivity contribution is 0.390. The van der Waals surface area contributed by atoms with E-state index in [-0.39, 0.29) is 16.4 Å². The van der Waals surface area contributed by atoms with Gasteiger partial charge < -0.3 is 13.9 Å². The van der Waals surface area contributed by atoms with Crippen LogP contribution >= 0.6 is 0 Å². The summed E-state index contributed by atoms with van der Waals surface area (Å²) in [7, 11) is -2.58. The molecular formula is C30H26N2O4S. The molecule has 0 saturated heterocycles. The fraction of sp³-hybridized carbons (Fsp3) is 0.100. The lowest BCUT2D eigenvalue weighted by atomic mass is 10.1. The molecule has 37 heavy (non-hydrogen) atoms. The van der Waals surface area contributed by atoms with Crippen LogP contribution in [0.2, 0.25) is 0 Å². The Kier molecular flexibility index (Phi) is 6.54. The van der Waals surface area contributed by atoms with Gasteiger partial charge in [0.2, 0.25) is 0 Å². The van der Waals surface area contributed by atoms with Crippen LogP contribution in [0.15, 0.2) is 102 Å². The van der Waals surface area contributed by atoms with E-state index in [1.54, 1.807) is 37.3 Å². The highest BCUT2D eigenvalue weighted by atomic mass is 32.2. The van der Waals surface area contributed by atoms with Crippen LogP contribution in [-0.2, 0) is 10.1 Å². The summed E-state index contributed by atoms with van der Waals surface area (Å²) in [5, 5.41) is 0. The van der Waals surface area contributed by atoms with E-state index in [4.69, 9.17) is 13.9 Å². The summed E-state index contributed by atoms with van der Waals surface area (Å²) < 4.78 is 37.2. The van der Waals surface area contributed by atoms with Gasteiger partial charge in [-0.25, -0.2) is 4.98 Å². The molecule has 0 unspecified atom stereocenters. The summed E-state index contributed by atoms with van der Waals surface area (Å²) in [6.45, 7) is 3.58. The molecule has 1 heterocycles. The standard InChI is InChI=1S/C30H26N2O4S/c1-20-14-15-21(2)27(18-20)37(33,34)36-25-17-16-24(19-26(25)35-3)30-31-28(22-10-6-4-7-11-22)29(32-30)23-12-8-5-9-13-23/h4-19H,1-3H3,(H,31,32). The Hall–Kier alpha value is -4.36. The van der Waals surface area contributed by atoms with Gasteiger partial charge in [-0.05, 0) is 49.2 Å². The molecule has 0 radical (unpaired) electrons. The highest BCUT2D eigenvalue weighted by molar-refractivity contribution is 7.87. The number of nitrogens with zero attached hydrogens (tertiary/aromatic N) is 1. The molecule has 7 heteroatoms. The molecule has 186 valence electrons. The van der Waals surface area contributed by atoms with Crippen molar-refractivity contribution >= 4 is 10.1 Å². The number of imidazole rings is 1. The maximum absolute atomic E-state index is 13.1. The van der Waals surface area contributed by atoms with Crippen LogP contribution in [0.1, 0.15) is 11.1 Å². The zero-order valence-corrected chi connectivity index (χ0v) is 21.5. The molecule has 4 aromatic carbocycles. The number of hydrogen-bond donors (Lipinski definition) is 1. The highest BCUT2D eigenvalue weighted by Gasteiger charge is 2.23. The van der Waals surface area contributed by atoms with E-state index in [0.29, 0.717) is 11.4 Å². The van der Waals surface area contributed by atoms with Crippen molar-refractivity contribution in [2.75, 3.05) is 7.11 Å². The smallest absolute Gasteiger partial charge is 0.339 e. The molecule has 0 aliphatic rings. The van der Waals surface area contributed by atoms with Crippen molar-refractivity contribution in [1.82, 2.24) is 9.97 Å². The minimum Gasteiger partial charge on any atom is -0.493 e. The number of aryl methyl sites for hydroxylation is 2. The average Bonchev–Trinajstić information content (AvgIpc) is 3.37. The zero-order chi connectivity index (χ0) is 26.0. The van der Waals surface area contributed by atoms with Gasteiger partial charge in [0.05, 0.1) is 18.5 Å². The first-order valence-corrected chi connectivity index (χ1v) is 13.2. The third-order valence-electron chi connectivity index (χ3n) is 6.06. The summed E-state index contributed by atoms with van der Waals surface area (Å²) in [4.78, 5) is 8.48. The first-order chi connectivity index (χ1) is 17.9. The van der Waals surface area contributed by atoms with E-state index < -0.39 is 10.1 Å². The first-order valence-electron chi connectivity index (χ1n) is 11.8. The van der Waals surface area contributed by atoms with Gasteiger partial charge in [-0.2, -0.15) is 8.42 Å². The normalized spacial score (nSPS) is 11.3. The molecule has 0 amide bonds. The van der Waals surface area contributed by atoms with Gasteiger partial charge >= 0.3 is 10.1 Å². The van der Waals surface area contributed by atoms with Gasteiger partial charge in [-0.15, -0.1) is 0 Å². The summed E-state index contributed by atoms with van der Waals surface area (Å²) in [5.41, 5.74) is 5.86. The second kappa shape index (κ2) is 9.95. The van der Waals surface area contributed by atoms with Gasteiger partial charge in [0.1, 0.15) is 10.7 Å². The van der Waals surface area contributed by atoms with Crippen LogP contribution in [0.4, 0.5) is 0 Å². The molecule has 0 aliphatic heterocycles. The van der Waals surface area contributed by atoms with E-state index in [2.05, 4.69) is 4.98 Å². The lowest BCUT2D eigenvalue weighted by Crippen LogP contribution is -2.12. The van der Waals surface area contributed by atoms with E-state index >= 15 is 0 Å². The van der Waals surface area contributed by atoms with Crippen molar-refractivity contribution in [1.29, 1.82) is 0 Å². The Morgan fingerprint density at radius 1 is 0.730 bits per heavy atom.